The maximum Gasteiger partial charge on any atom is 0.273 e. The zero-order valence-electron chi connectivity index (χ0n) is 11.8. The van der Waals surface area contributed by atoms with Gasteiger partial charge in [0, 0.05) is 29.9 Å². The Kier molecular flexibility index (Phi) is 4.31. The molecule has 3 nitrogen and oxygen atoms in total. The van der Waals surface area contributed by atoms with Crippen molar-refractivity contribution in [2.24, 2.45) is 0 Å². The van der Waals surface area contributed by atoms with E-state index >= 15 is 0 Å². The highest BCUT2D eigenvalue weighted by Crippen LogP contribution is 2.26. The average molecular weight is 332 g/mol. The minimum Gasteiger partial charge on any atom is -0.336 e. The van der Waals surface area contributed by atoms with E-state index in [2.05, 4.69) is 4.98 Å². The van der Waals surface area contributed by atoms with Crippen molar-refractivity contribution in [3.63, 3.8) is 0 Å². The van der Waals surface area contributed by atoms with Crippen molar-refractivity contribution in [3.05, 3.63) is 63.5 Å². The summed E-state index contributed by atoms with van der Waals surface area (Å²) in [4.78, 5) is 18.4. The Labute approximate surface area is 135 Å². The van der Waals surface area contributed by atoms with E-state index in [1.165, 1.54) is 23.5 Å². The molecule has 0 fully saturated rings. The van der Waals surface area contributed by atoms with Gasteiger partial charge in [-0.25, -0.2) is 9.37 Å². The summed E-state index contributed by atoms with van der Waals surface area (Å²) >= 11 is 3.06. The van der Waals surface area contributed by atoms with Crippen LogP contribution in [-0.4, -0.2) is 22.8 Å². The number of thiazole rings is 1. The molecule has 22 heavy (non-hydrogen) atoms. The number of amides is 1. The van der Waals surface area contributed by atoms with Crippen molar-refractivity contribution in [1.29, 1.82) is 0 Å². The largest absolute Gasteiger partial charge is 0.336 e. The Balaban J connectivity index is 1.72. The van der Waals surface area contributed by atoms with Crippen molar-refractivity contribution in [3.8, 4) is 10.6 Å². The van der Waals surface area contributed by atoms with Gasteiger partial charge in [0.05, 0.1) is 0 Å². The number of carbonyl (C=O) groups excluding carboxylic acids is 1. The zero-order valence-corrected chi connectivity index (χ0v) is 13.5. The fourth-order valence-electron chi connectivity index (χ4n) is 2.02. The molecule has 3 aromatic rings. The molecule has 3 rings (SSSR count). The third-order valence-electron chi connectivity index (χ3n) is 3.17. The highest BCUT2D eigenvalue weighted by Gasteiger charge is 2.16. The Bertz CT molecular complexity index is 766. The summed E-state index contributed by atoms with van der Waals surface area (Å²) in [5, 5.41) is 6.62. The van der Waals surface area contributed by atoms with Crippen LogP contribution in [0.3, 0.4) is 0 Å². The topological polar surface area (TPSA) is 33.2 Å². The lowest BCUT2D eigenvalue weighted by atomic mass is 10.2. The molecule has 0 bridgehead atoms. The number of benzene rings is 1. The summed E-state index contributed by atoms with van der Waals surface area (Å²) in [7, 11) is 1.72. The second kappa shape index (κ2) is 6.37. The molecule has 0 atom stereocenters. The number of hydrogen-bond acceptors (Lipinski definition) is 4. The van der Waals surface area contributed by atoms with Gasteiger partial charge in [-0.2, -0.15) is 11.3 Å². The van der Waals surface area contributed by atoms with Gasteiger partial charge >= 0.3 is 0 Å². The van der Waals surface area contributed by atoms with E-state index in [1.54, 1.807) is 40.8 Å². The van der Waals surface area contributed by atoms with Crippen LogP contribution < -0.4 is 0 Å². The SMILES string of the molecule is CN(Cc1ccc(F)cc1)C(=O)c1csc(-c2ccsc2)n1. The number of aromatic nitrogens is 1. The van der Waals surface area contributed by atoms with Crippen LogP contribution in [0.2, 0.25) is 0 Å². The van der Waals surface area contributed by atoms with Gasteiger partial charge in [0.2, 0.25) is 0 Å². The molecule has 0 saturated heterocycles. The van der Waals surface area contributed by atoms with Gasteiger partial charge in [0.15, 0.2) is 0 Å². The van der Waals surface area contributed by atoms with Gasteiger partial charge in [0.1, 0.15) is 16.5 Å². The van der Waals surface area contributed by atoms with E-state index in [4.69, 9.17) is 0 Å². The lowest BCUT2D eigenvalue weighted by Gasteiger charge is -2.15. The first-order valence-corrected chi connectivity index (χ1v) is 8.44. The Morgan fingerprint density at radius 3 is 2.68 bits per heavy atom. The van der Waals surface area contributed by atoms with Gasteiger partial charge in [-0.3, -0.25) is 4.79 Å². The first-order chi connectivity index (χ1) is 10.6. The fraction of sp³-hybridized carbons (Fsp3) is 0.125. The van der Waals surface area contributed by atoms with Crippen LogP contribution in [0.15, 0.2) is 46.5 Å². The Hall–Kier alpha value is -2.05. The number of rotatable bonds is 4. The van der Waals surface area contributed by atoms with E-state index < -0.39 is 0 Å². The molecule has 1 aromatic carbocycles. The summed E-state index contributed by atoms with van der Waals surface area (Å²) < 4.78 is 12.9. The molecule has 2 aromatic heterocycles. The van der Waals surface area contributed by atoms with Crippen molar-refractivity contribution in [2.45, 2.75) is 6.54 Å². The van der Waals surface area contributed by atoms with Crippen LogP contribution in [0.1, 0.15) is 16.1 Å². The molecule has 0 N–H and O–H groups in total. The second-order valence-electron chi connectivity index (χ2n) is 4.84. The molecule has 1 amide bonds. The smallest absolute Gasteiger partial charge is 0.273 e. The maximum atomic E-state index is 12.9. The van der Waals surface area contributed by atoms with Gasteiger partial charge in [-0.15, -0.1) is 11.3 Å². The third kappa shape index (κ3) is 3.23. The molecule has 2 heterocycles. The Morgan fingerprint density at radius 1 is 1.23 bits per heavy atom. The van der Waals surface area contributed by atoms with Crippen LogP contribution in [0, 0.1) is 5.82 Å². The van der Waals surface area contributed by atoms with Gasteiger partial charge in [0.25, 0.3) is 5.91 Å². The first kappa shape index (κ1) is 14.9. The minimum atomic E-state index is -0.280. The molecule has 0 aliphatic rings. The van der Waals surface area contributed by atoms with Crippen molar-refractivity contribution in [2.75, 3.05) is 7.05 Å². The van der Waals surface area contributed by atoms with Crippen LogP contribution in [-0.2, 0) is 6.54 Å². The number of thiophene rings is 1. The van der Waals surface area contributed by atoms with E-state index in [-0.39, 0.29) is 11.7 Å². The number of carbonyl (C=O) groups is 1. The molecule has 0 unspecified atom stereocenters. The fourth-order valence-corrected chi connectivity index (χ4v) is 3.53. The molecular formula is C16H13FN2OS2. The zero-order chi connectivity index (χ0) is 15.5. The van der Waals surface area contributed by atoms with Crippen molar-refractivity contribution >= 4 is 28.6 Å². The van der Waals surface area contributed by atoms with Crippen molar-refractivity contribution < 1.29 is 9.18 Å². The van der Waals surface area contributed by atoms with E-state index in [9.17, 15) is 9.18 Å². The first-order valence-electron chi connectivity index (χ1n) is 6.61. The predicted molar refractivity (Wildman–Crippen MR) is 87.6 cm³/mol. The highest BCUT2D eigenvalue weighted by atomic mass is 32.1. The standard InChI is InChI=1S/C16H13FN2OS2/c1-19(8-11-2-4-13(17)5-3-11)16(20)14-10-22-15(18-14)12-6-7-21-9-12/h2-7,9-10H,8H2,1H3. The summed E-state index contributed by atoms with van der Waals surface area (Å²) in [6.07, 6.45) is 0. The normalized spacial score (nSPS) is 10.6. The molecule has 6 heteroatoms. The second-order valence-corrected chi connectivity index (χ2v) is 6.48. The van der Waals surface area contributed by atoms with E-state index in [1.807, 2.05) is 16.8 Å². The van der Waals surface area contributed by atoms with Crippen LogP contribution >= 0.6 is 22.7 Å². The monoisotopic (exact) mass is 332 g/mol. The van der Waals surface area contributed by atoms with Crippen LogP contribution in [0.5, 0.6) is 0 Å². The molecular weight excluding hydrogens is 319 g/mol. The van der Waals surface area contributed by atoms with Gasteiger partial charge in [-0.1, -0.05) is 12.1 Å². The van der Waals surface area contributed by atoms with Crippen LogP contribution in [0.4, 0.5) is 4.39 Å². The quantitative estimate of drug-likeness (QED) is 0.714. The molecule has 0 aliphatic carbocycles. The van der Waals surface area contributed by atoms with Crippen LogP contribution in [0.25, 0.3) is 10.6 Å². The number of nitrogens with zero attached hydrogens (tertiary/aromatic N) is 2. The third-order valence-corrected chi connectivity index (χ3v) is 4.75. The highest BCUT2D eigenvalue weighted by molar-refractivity contribution is 7.14. The number of hydrogen-bond donors (Lipinski definition) is 0. The maximum absolute atomic E-state index is 12.9. The van der Waals surface area contributed by atoms with Gasteiger partial charge in [-0.05, 0) is 29.1 Å². The average Bonchev–Trinajstić information content (AvgIpc) is 3.19. The molecule has 0 radical (unpaired) electrons. The predicted octanol–water partition coefficient (Wildman–Crippen LogP) is 4.28. The van der Waals surface area contributed by atoms with E-state index in [0.29, 0.717) is 12.2 Å². The molecule has 0 saturated carbocycles. The number of halogens is 1. The van der Waals surface area contributed by atoms with Gasteiger partial charge < -0.3 is 4.90 Å². The molecule has 0 aliphatic heterocycles. The van der Waals surface area contributed by atoms with E-state index in [0.717, 1.165) is 16.1 Å². The minimum absolute atomic E-state index is 0.137. The van der Waals surface area contributed by atoms with Crippen molar-refractivity contribution in [1.82, 2.24) is 9.88 Å². The summed E-state index contributed by atoms with van der Waals surface area (Å²) in [5.41, 5.74) is 2.36. The Morgan fingerprint density at radius 2 is 2.00 bits per heavy atom. The molecule has 0 spiro atoms. The summed E-state index contributed by atoms with van der Waals surface area (Å²) in [6.45, 7) is 0.421. The molecule has 112 valence electrons. The summed E-state index contributed by atoms with van der Waals surface area (Å²) in [6, 6.07) is 8.13. The summed E-state index contributed by atoms with van der Waals surface area (Å²) in [5.74, 6) is -0.417. The lowest BCUT2D eigenvalue weighted by molar-refractivity contribution is 0.0780. The lowest BCUT2D eigenvalue weighted by Crippen LogP contribution is -2.26.